The van der Waals surface area contributed by atoms with E-state index >= 15 is 0 Å². The van der Waals surface area contributed by atoms with Gasteiger partial charge in [-0.1, -0.05) is 5.92 Å². The minimum Gasteiger partial charge on any atom is -0.444 e. The van der Waals surface area contributed by atoms with Crippen molar-refractivity contribution < 1.29 is 13.9 Å². The normalized spacial score (nSPS) is 10.5. The maximum Gasteiger partial charge on any atom is 0.412 e. The van der Waals surface area contributed by atoms with E-state index in [1.165, 1.54) is 18.2 Å². The van der Waals surface area contributed by atoms with Gasteiger partial charge in [-0.25, -0.2) is 9.18 Å². The van der Waals surface area contributed by atoms with E-state index in [1.54, 1.807) is 20.8 Å². The summed E-state index contributed by atoms with van der Waals surface area (Å²) >= 11 is 0. The molecule has 1 amide bonds. The maximum atomic E-state index is 13.4. The van der Waals surface area contributed by atoms with Crippen molar-refractivity contribution in [2.75, 3.05) is 17.2 Å². The topological polar surface area (TPSA) is 50.4 Å². The number of amides is 1. The number of rotatable bonds is 3. The van der Waals surface area contributed by atoms with E-state index in [-0.39, 0.29) is 12.2 Å². The van der Waals surface area contributed by atoms with Gasteiger partial charge in [0.15, 0.2) is 0 Å². The quantitative estimate of drug-likeness (QED) is 0.824. The first-order valence-electron chi connectivity index (χ1n) is 5.79. The number of carbonyl (C=O) groups excluding carboxylic acids is 1. The van der Waals surface area contributed by atoms with Crippen molar-refractivity contribution in [3.8, 4) is 12.3 Å². The number of nitrogens with one attached hydrogen (secondary N) is 2. The van der Waals surface area contributed by atoms with E-state index < -0.39 is 17.5 Å². The van der Waals surface area contributed by atoms with Gasteiger partial charge in [0.2, 0.25) is 0 Å². The van der Waals surface area contributed by atoms with Crippen LogP contribution in [-0.4, -0.2) is 18.2 Å². The monoisotopic (exact) mass is 264 g/mol. The number of anilines is 2. The Labute approximate surface area is 112 Å². The first kappa shape index (κ1) is 14.8. The fourth-order valence-electron chi connectivity index (χ4n) is 1.31. The average molecular weight is 264 g/mol. The van der Waals surface area contributed by atoms with Crippen molar-refractivity contribution in [3.63, 3.8) is 0 Å². The van der Waals surface area contributed by atoms with Crippen molar-refractivity contribution >= 4 is 17.5 Å². The lowest BCUT2D eigenvalue weighted by molar-refractivity contribution is 0.0636. The number of carbonyl (C=O) groups is 1. The van der Waals surface area contributed by atoms with Gasteiger partial charge in [0.1, 0.15) is 11.4 Å². The van der Waals surface area contributed by atoms with Gasteiger partial charge in [-0.05, 0) is 39.0 Å². The Morgan fingerprint density at radius 1 is 1.47 bits per heavy atom. The molecule has 102 valence electrons. The van der Waals surface area contributed by atoms with Crippen LogP contribution in [0.1, 0.15) is 20.8 Å². The van der Waals surface area contributed by atoms with E-state index in [0.717, 1.165) is 0 Å². The number of benzene rings is 1. The minimum atomic E-state index is -0.595. The fraction of sp³-hybridized carbons (Fsp3) is 0.357. The zero-order valence-electron chi connectivity index (χ0n) is 11.2. The average Bonchev–Trinajstić information content (AvgIpc) is 2.27. The van der Waals surface area contributed by atoms with Crippen LogP contribution < -0.4 is 10.6 Å². The predicted molar refractivity (Wildman–Crippen MR) is 73.6 cm³/mol. The smallest absolute Gasteiger partial charge is 0.412 e. The molecule has 1 aromatic rings. The standard InChI is InChI=1S/C14H17FN2O2/c1-5-8-16-12-9-10(6-7-11(12)15)17-13(18)19-14(2,3)4/h1,6-7,9,16H,8H2,2-4H3,(H,17,18). The molecule has 1 rings (SSSR count). The lowest BCUT2D eigenvalue weighted by Crippen LogP contribution is -2.27. The minimum absolute atomic E-state index is 0.201. The van der Waals surface area contributed by atoms with Crippen LogP contribution in [0, 0.1) is 18.2 Å². The summed E-state index contributed by atoms with van der Waals surface area (Å²) in [7, 11) is 0. The Bertz CT molecular complexity index is 501. The summed E-state index contributed by atoms with van der Waals surface area (Å²) in [4.78, 5) is 11.6. The zero-order chi connectivity index (χ0) is 14.5. The third-order valence-electron chi connectivity index (χ3n) is 1.99. The summed E-state index contributed by atoms with van der Waals surface area (Å²) in [5.41, 5.74) is 0.0657. The molecule has 4 nitrogen and oxygen atoms in total. The highest BCUT2D eigenvalue weighted by molar-refractivity contribution is 5.85. The van der Waals surface area contributed by atoms with Gasteiger partial charge in [0.05, 0.1) is 12.2 Å². The molecule has 0 aliphatic carbocycles. The number of halogens is 1. The molecule has 5 heteroatoms. The van der Waals surface area contributed by atoms with Gasteiger partial charge in [0.25, 0.3) is 0 Å². The summed E-state index contributed by atoms with van der Waals surface area (Å²) in [5, 5.41) is 5.24. The lowest BCUT2D eigenvalue weighted by Gasteiger charge is -2.19. The Balaban J connectivity index is 2.74. The van der Waals surface area contributed by atoms with Crippen LogP contribution in [0.4, 0.5) is 20.6 Å². The van der Waals surface area contributed by atoms with Gasteiger partial charge < -0.3 is 10.1 Å². The highest BCUT2D eigenvalue weighted by atomic mass is 19.1. The largest absolute Gasteiger partial charge is 0.444 e. The van der Waals surface area contributed by atoms with Crippen molar-refractivity contribution in [1.82, 2.24) is 0 Å². The maximum absolute atomic E-state index is 13.4. The zero-order valence-corrected chi connectivity index (χ0v) is 11.2. The summed E-state index contributed by atoms with van der Waals surface area (Å²) in [5.74, 6) is 1.91. The molecule has 0 bridgehead atoms. The Morgan fingerprint density at radius 3 is 2.74 bits per heavy atom. The van der Waals surface area contributed by atoms with Crippen molar-refractivity contribution in [3.05, 3.63) is 24.0 Å². The predicted octanol–water partition coefficient (Wildman–Crippen LogP) is 3.22. The van der Waals surface area contributed by atoms with Crippen LogP contribution >= 0.6 is 0 Å². The second kappa shape index (κ2) is 6.10. The summed E-state index contributed by atoms with van der Waals surface area (Å²) < 4.78 is 18.5. The van der Waals surface area contributed by atoms with Crippen molar-refractivity contribution in [2.24, 2.45) is 0 Å². The molecule has 2 N–H and O–H groups in total. The van der Waals surface area contributed by atoms with Gasteiger partial charge in [0, 0.05) is 5.69 Å². The molecule has 0 unspecified atom stereocenters. The third-order valence-corrected chi connectivity index (χ3v) is 1.99. The SMILES string of the molecule is C#CCNc1cc(NC(=O)OC(C)(C)C)ccc1F. The van der Waals surface area contributed by atoms with E-state index in [0.29, 0.717) is 5.69 Å². The number of hydrogen-bond donors (Lipinski definition) is 2. The molecule has 0 aromatic heterocycles. The Morgan fingerprint density at radius 2 is 2.16 bits per heavy atom. The molecule has 0 saturated heterocycles. The molecule has 0 fully saturated rings. The molecule has 0 radical (unpaired) electrons. The highest BCUT2D eigenvalue weighted by Gasteiger charge is 2.16. The Hall–Kier alpha value is -2.22. The molecule has 19 heavy (non-hydrogen) atoms. The second-order valence-corrected chi connectivity index (χ2v) is 4.88. The van der Waals surface area contributed by atoms with Crippen LogP contribution in [0.3, 0.4) is 0 Å². The van der Waals surface area contributed by atoms with Crippen LogP contribution in [0.15, 0.2) is 18.2 Å². The van der Waals surface area contributed by atoms with Crippen LogP contribution in [0.5, 0.6) is 0 Å². The molecule has 0 aliphatic rings. The van der Waals surface area contributed by atoms with Gasteiger partial charge in [-0.15, -0.1) is 6.42 Å². The number of hydrogen-bond acceptors (Lipinski definition) is 3. The van der Waals surface area contributed by atoms with E-state index in [9.17, 15) is 9.18 Å². The van der Waals surface area contributed by atoms with Crippen LogP contribution in [0.25, 0.3) is 0 Å². The molecular weight excluding hydrogens is 247 g/mol. The van der Waals surface area contributed by atoms with E-state index in [1.807, 2.05) is 0 Å². The molecule has 1 aromatic carbocycles. The van der Waals surface area contributed by atoms with Crippen LogP contribution in [-0.2, 0) is 4.74 Å². The molecule has 0 heterocycles. The number of terminal acetylenes is 1. The Kier molecular flexibility index (Phi) is 4.76. The molecule has 0 spiro atoms. The van der Waals surface area contributed by atoms with Crippen LogP contribution in [0.2, 0.25) is 0 Å². The molecule has 0 saturated carbocycles. The molecule has 0 aliphatic heterocycles. The van der Waals surface area contributed by atoms with E-state index in [4.69, 9.17) is 11.2 Å². The summed E-state index contributed by atoms with van der Waals surface area (Å²) in [6.07, 6.45) is 4.49. The summed E-state index contributed by atoms with van der Waals surface area (Å²) in [6, 6.07) is 4.14. The van der Waals surface area contributed by atoms with E-state index in [2.05, 4.69) is 16.6 Å². The molecular formula is C14H17FN2O2. The summed E-state index contributed by atoms with van der Waals surface area (Å²) in [6.45, 7) is 5.48. The second-order valence-electron chi connectivity index (χ2n) is 4.88. The van der Waals surface area contributed by atoms with Gasteiger partial charge in [-0.3, -0.25) is 5.32 Å². The first-order valence-corrected chi connectivity index (χ1v) is 5.79. The lowest BCUT2D eigenvalue weighted by atomic mass is 10.2. The van der Waals surface area contributed by atoms with Crippen molar-refractivity contribution in [1.29, 1.82) is 0 Å². The highest BCUT2D eigenvalue weighted by Crippen LogP contribution is 2.20. The fourth-order valence-corrected chi connectivity index (χ4v) is 1.31. The van der Waals surface area contributed by atoms with Gasteiger partial charge >= 0.3 is 6.09 Å². The third kappa shape index (κ3) is 5.30. The molecule has 0 atom stereocenters. The van der Waals surface area contributed by atoms with Crippen molar-refractivity contribution in [2.45, 2.75) is 26.4 Å². The van der Waals surface area contributed by atoms with Gasteiger partial charge in [-0.2, -0.15) is 0 Å². The first-order chi connectivity index (χ1) is 8.81. The number of ether oxygens (including phenoxy) is 1.